The molecule has 0 aromatic heterocycles. The molecule has 27 heavy (non-hydrogen) atoms. The van der Waals surface area contributed by atoms with Crippen LogP contribution in [-0.4, -0.2) is 36.0 Å². The number of Topliss-reactive ketones (excluding diaryl/α,β-unsaturated/α-hetero) is 1. The maximum atomic E-state index is 13.7. The van der Waals surface area contributed by atoms with Crippen molar-refractivity contribution in [1.82, 2.24) is 0 Å². The van der Waals surface area contributed by atoms with E-state index >= 15 is 0 Å². The summed E-state index contributed by atoms with van der Waals surface area (Å²) in [6, 6.07) is 0. The predicted octanol–water partition coefficient (Wildman–Crippen LogP) is 3.95. The third-order valence-electron chi connectivity index (χ3n) is 9.74. The van der Waals surface area contributed by atoms with E-state index in [9.17, 15) is 9.90 Å². The smallest absolute Gasteiger partial charge is 0.180 e. The number of ether oxygens (including phenoxy) is 2. The summed E-state index contributed by atoms with van der Waals surface area (Å²) in [5.41, 5.74) is -0.261. The molecular weight excluding hydrogens is 340 g/mol. The molecule has 0 aromatic rings. The first-order chi connectivity index (χ1) is 12.8. The van der Waals surface area contributed by atoms with Gasteiger partial charge in [0, 0.05) is 18.8 Å². The van der Waals surface area contributed by atoms with E-state index in [0.29, 0.717) is 55.0 Å². The molecule has 4 aliphatic carbocycles. The van der Waals surface area contributed by atoms with Gasteiger partial charge in [-0.2, -0.15) is 0 Å². The molecule has 4 heteroatoms. The molecule has 0 amide bonds. The van der Waals surface area contributed by atoms with Gasteiger partial charge < -0.3 is 14.6 Å². The second-order valence-electron chi connectivity index (χ2n) is 10.9. The lowest BCUT2D eigenvalue weighted by molar-refractivity contribution is -0.322. The van der Waals surface area contributed by atoms with E-state index in [0.717, 1.165) is 32.1 Å². The molecule has 5 aliphatic rings. The summed E-state index contributed by atoms with van der Waals surface area (Å²) in [5, 5.41) is 10.2. The molecule has 0 radical (unpaired) electrons. The molecule has 5 rings (SSSR count). The topological polar surface area (TPSA) is 55.8 Å². The zero-order valence-corrected chi connectivity index (χ0v) is 17.2. The lowest BCUT2D eigenvalue weighted by atomic mass is 9.44. The lowest BCUT2D eigenvalue weighted by Gasteiger charge is -2.61. The van der Waals surface area contributed by atoms with Crippen molar-refractivity contribution in [1.29, 1.82) is 0 Å². The number of rotatable bonds is 0. The molecule has 4 nitrogen and oxygen atoms in total. The van der Waals surface area contributed by atoms with Gasteiger partial charge in [0.1, 0.15) is 5.78 Å². The second kappa shape index (κ2) is 6.03. The zero-order chi connectivity index (χ0) is 19.0. The first kappa shape index (κ1) is 18.6. The van der Waals surface area contributed by atoms with E-state index in [1.807, 2.05) is 0 Å². The van der Waals surface area contributed by atoms with Crippen LogP contribution in [0.2, 0.25) is 0 Å². The van der Waals surface area contributed by atoms with Crippen LogP contribution in [0.15, 0.2) is 0 Å². The summed E-state index contributed by atoms with van der Waals surface area (Å²) in [6.07, 6.45) is 7.81. The van der Waals surface area contributed by atoms with Crippen molar-refractivity contribution in [2.45, 2.75) is 84.0 Å². The number of aliphatic hydroxyl groups is 1. The van der Waals surface area contributed by atoms with Gasteiger partial charge in [-0.15, -0.1) is 0 Å². The molecule has 0 aromatic carbocycles. The third-order valence-corrected chi connectivity index (χ3v) is 9.74. The highest BCUT2D eigenvalue weighted by atomic mass is 16.7. The minimum Gasteiger partial charge on any atom is -0.393 e. The van der Waals surface area contributed by atoms with E-state index in [4.69, 9.17) is 9.47 Å². The Hall–Kier alpha value is -0.450. The van der Waals surface area contributed by atoms with Gasteiger partial charge in [0.25, 0.3) is 0 Å². The maximum absolute atomic E-state index is 13.7. The van der Waals surface area contributed by atoms with Crippen molar-refractivity contribution in [3.05, 3.63) is 0 Å². The molecule has 1 heterocycles. The Morgan fingerprint density at radius 2 is 1.74 bits per heavy atom. The van der Waals surface area contributed by atoms with Crippen LogP contribution < -0.4 is 0 Å². The Morgan fingerprint density at radius 1 is 1.00 bits per heavy atom. The van der Waals surface area contributed by atoms with Gasteiger partial charge in [0.15, 0.2) is 5.79 Å². The molecule has 5 fully saturated rings. The van der Waals surface area contributed by atoms with E-state index < -0.39 is 11.2 Å². The Morgan fingerprint density at radius 3 is 2.48 bits per heavy atom. The van der Waals surface area contributed by atoms with Gasteiger partial charge >= 0.3 is 0 Å². The molecular formula is C23H36O4. The van der Waals surface area contributed by atoms with Crippen molar-refractivity contribution in [3.8, 4) is 0 Å². The van der Waals surface area contributed by atoms with Crippen molar-refractivity contribution >= 4 is 5.78 Å². The highest BCUT2D eigenvalue weighted by Crippen LogP contribution is 2.68. The standard InChI is InChI=1S/C23H36O4/c1-14-12-26-23(27-13-14)9-7-18-17-5-4-15-10-16(24)6-8-21(15,2)19(17)11-20(25)22(18,23)3/h14-19,24H,4-13H2,1-3H3/t14?,15-,16-,17?,18?,19?,21+,22-,23?/m1/s1. The van der Waals surface area contributed by atoms with E-state index in [-0.39, 0.29) is 11.5 Å². The number of hydrogen-bond acceptors (Lipinski definition) is 4. The molecule has 3 unspecified atom stereocenters. The largest absolute Gasteiger partial charge is 0.393 e. The molecule has 0 bridgehead atoms. The fourth-order valence-corrected chi connectivity index (χ4v) is 8.02. The van der Waals surface area contributed by atoms with Crippen LogP contribution in [0.3, 0.4) is 0 Å². The maximum Gasteiger partial charge on any atom is 0.180 e. The van der Waals surface area contributed by atoms with E-state index in [2.05, 4.69) is 20.8 Å². The average molecular weight is 377 g/mol. The van der Waals surface area contributed by atoms with Crippen LogP contribution in [0, 0.1) is 40.4 Å². The summed E-state index contributed by atoms with van der Waals surface area (Å²) in [7, 11) is 0. The molecule has 1 N–H and O–H groups in total. The van der Waals surface area contributed by atoms with Crippen molar-refractivity contribution in [3.63, 3.8) is 0 Å². The molecule has 1 saturated heterocycles. The number of ketones is 1. The van der Waals surface area contributed by atoms with Gasteiger partial charge in [-0.25, -0.2) is 0 Å². The Bertz CT molecular complexity index is 624. The molecule has 1 aliphatic heterocycles. The number of carbonyl (C=O) groups excluding carboxylic acids is 1. The predicted molar refractivity (Wildman–Crippen MR) is 102 cm³/mol. The molecule has 7 atom stereocenters. The fraction of sp³-hybridized carbons (Fsp3) is 0.957. The van der Waals surface area contributed by atoms with Crippen LogP contribution >= 0.6 is 0 Å². The van der Waals surface area contributed by atoms with E-state index in [1.54, 1.807) is 0 Å². The van der Waals surface area contributed by atoms with Crippen LogP contribution in [-0.2, 0) is 14.3 Å². The Kier molecular flexibility index (Phi) is 4.14. The van der Waals surface area contributed by atoms with E-state index in [1.165, 1.54) is 12.8 Å². The summed E-state index contributed by atoms with van der Waals surface area (Å²) in [4.78, 5) is 13.7. The zero-order valence-electron chi connectivity index (χ0n) is 17.2. The number of aliphatic hydroxyl groups excluding tert-OH is 1. The summed E-state index contributed by atoms with van der Waals surface area (Å²) < 4.78 is 12.7. The SMILES string of the molecule is CC1COC2(CCC3C4CC[C@@H]5C[C@H](O)CC[C@]5(C)C4CC(=O)[C@@]32C)OC1. The minimum absolute atomic E-state index is 0.134. The molecule has 152 valence electrons. The first-order valence-corrected chi connectivity index (χ1v) is 11.3. The second-order valence-corrected chi connectivity index (χ2v) is 10.9. The summed E-state index contributed by atoms with van der Waals surface area (Å²) in [5.74, 6) is 2.18. The van der Waals surface area contributed by atoms with Gasteiger partial charge in [0.05, 0.1) is 24.7 Å². The highest BCUT2D eigenvalue weighted by molar-refractivity contribution is 5.87. The first-order valence-electron chi connectivity index (χ1n) is 11.3. The van der Waals surface area contributed by atoms with Crippen molar-refractivity contribution in [2.75, 3.05) is 13.2 Å². The molecule has 4 saturated carbocycles. The monoisotopic (exact) mass is 376 g/mol. The van der Waals surface area contributed by atoms with Gasteiger partial charge in [-0.05, 0) is 74.5 Å². The van der Waals surface area contributed by atoms with Crippen LogP contribution in [0.25, 0.3) is 0 Å². The quantitative estimate of drug-likeness (QED) is 0.695. The fourth-order valence-electron chi connectivity index (χ4n) is 8.02. The third kappa shape index (κ3) is 2.36. The lowest BCUT2D eigenvalue weighted by Crippen LogP contribution is -2.63. The summed E-state index contributed by atoms with van der Waals surface area (Å²) >= 11 is 0. The normalized spacial score (nSPS) is 57.9. The van der Waals surface area contributed by atoms with Crippen molar-refractivity contribution in [2.24, 2.45) is 40.4 Å². The Balaban J connectivity index is 1.47. The highest BCUT2D eigenvalue weighted by Gasteiger charge is 2.70. The minimum atomic E-state index is -0.674. The summed E-state index contributed by atoms with van der Waals surface area (Å²) in [6.45, 7) is 8.16. The number of fused-ring (bicyclic) bond motifs is 6. The number of carbonyl (C=O) groups is 1. The van der Waals surface area contributed by atoms with Gasteiger partial charge in [-0.3, -0.25) is 4.79 Å². The van der Waals surface area contributed by atoms with Gasteiger partial charge in [-0.1, -0.05) is 13.8 Å². The van der Waals surface area contributed by atoms with Crippen LogP contribution in [0.4, 0.5) is 0 Å². The molecule has 1 spiro atoms. The van der Waals surface area contributed by atoms with Gasteiger partial charge in [0.2, 0.25) is 0 Å². The van der Waals surface area contributed by atoms with Crippen molar-refractivity contribution < 1.29 is 19.4 Å². The number of hydrogen-bond donors (Lipinski definition) is 1. The van der Waals surface area contributed by atoms with Crippen LogP contribution in [0.1, 0.15) is 72.1 Å². The average Bonchev–Trinajstić information content (AvgIpc) is 2.93. The Labute approximate surface area is 163 Å². The van der Waals surface area contributed by atoms with Crippen LogP contribution in [0.5, 0.6) is 0 Å².